The van der Waals surface area contributed by atoms with E-state index in [0.29, 0.717) is 38.1 Å². The summed E-state index contributed by atoms with van der Waals surface area (Å²) in [4.78, 5) is 15.0. The van der Waals surface area contributed by atoms with Gasteiger partial charge in [-0.3, -0.25) is 4.79 Å². The Hall–Kier alpha value is -1.49. The third-order valence-corrected chi connectivity index (χ3v) is 5.97. The number of hydrogen-bond acceptors (Lipinski definition) is 2. The van der Waals surface area contributed by atoms with Gasteiger partial charge in [-0.15, -0.1) is 0 Å². The van der Waals surface area contributed by atoms with Crippen LogP contribution < -0.4 is 0 Å². The highest BCUT2D eigenvalue weighted by molar-refractivity contribution is 5.89. The van der Waals surface area contributed by atoms with E-state index >= 15 is 0 Å². The Morgan fingerprint density at radius 3 is 2.61 bits per heavy atom. The van der Waals surface area contributed by atoms with Crippen LogP contribution in [0.5, 0.6) is 0 Å². The second kappa shape index (κ2) is 5.26. The number of halogens is 2. The molecule has 1 aromatic rings. The van der Waals surface area contributed by atoms with E-state index in [1.807, 2.05) is 4.90 Å². The third-order valence-electron chi connectivity index (χ3n) is 5.97. The SMILES string of the molecule is O=C(N1CC[C@]2(CCOC2)C1)C1(c2ccc(F)cc2F)CCC1. The standard InChI is InChI=1S/C18H21F2NO2/c19-13-2-3-14(15(20)10-13)18(4-1-5-18)16(22)21-8-6-17(11-21)7-9-23-12-17/h2-3,10H,1,4-9,11-12H2/t17-/m0/s1. The number of likely N-dealkylation sites (tertiary alicyclic amines) is 1. The fourth-order valence-electron chi connectivity index (χ4n) is 4.39. The summed E-state index contributed by atoms with van der Waals surface area (Å²) >= 11 is 0. The minimum Gasteiger partial charge on any atom is -0.381 e. The Balaban J connectivity index is 1.61. The van der Waals surface area contributed by atoms with Gasteiger partial charge < -0.3 is 9.64 Å². The van der Waals surface area contributed by atoms with E-state index < -0.39 is 17.0 Å². The summed E-state index contributed by atoms with van der Waals surface area (Å²) in [5.41, 5.74) is -0.330. The molecular formula is C18H21F2NO2. The van der Waals surface area contributed by atoms with Crippen molar-refractivity contribution in [1.29, 1.82) is 0 Å². The number of carbonyl (C=O) groups excluding carboxylic acids is 1. The zero-order valence-corrected chi connectivity index (χ0v) is 13.1. The lowest BCUT2D eigenvalue weighted by molar-refractivity contribution is -0.140. The first kappa shape index (κ1) is 15.1. The molecule has 1 aromatic carbocycles. The molecule has 1 amide bonds. The van der Waals surface area contributed by atoms with Crippen molar-refractivity contribution in [3.05, 3.63) is 35.4 Å². The van der Waals surface area contributed by atoms with Crippen LogP contribution in [0.2, 0.25) is 0 Å². The highest BCUT2D eigenvalue weighted by Crippen LogP contribution is 2.48. The third kappa shape index (κ3) is 2.28. The summed E-state index contributed by atoms with van der Waals surface area (Å²) in [7, 11) is 0. The molecule has 2 heterocycles. The van der Waals surface area contributed by atoms with Gasteiger partial charge in [0.05, 0.1) is 12.0 Å². The van der Waals surface area contributed by atoms with Gasteiger partial charge in [-0.05, 0) is 31.7 Å². The Bertz CT molecular complexity index is 636. The number of amides is 1. The van der Waals surface area contributed by atoms with Gasteiger partial charge in [0.1, 0.15) is 11.6 Å². The molecule has 4 rings (SSSR count). The number of rotatable bonds is 2. The van der Waals surface area contributed by atoms with Gasteiger partial charge >= 0.3 is 0 Å². The van der Waals surface area contributed by atoms with Crippen molar-refractivity contribution in [1.82, 2.24) is 4.90 Å². The lowest BCUT2D eigenvalue weighted by Gasteiger charge is -2.43. The highest BCUT2D eigenvalue weighted by atomic mass is 19.1. The fourth-order valence-corrected chi connectivity index (χ4v) is 4.39. The molecule has 0 bridgehead atoms. The summed E-state index contributed by atoms with van der Waals surface area (Å²) in [6, 6.07) is 3.59. The van der Waals surface area contributed by atoms with Crippen LogP contribution in [-0.4, -0.2) is 37.1 Å². The molecule has 3 aliphatic rings. The van der Waals surface area contributed by atoms with E-state index in [1.165, 1.54) is 12.1 Å². The van der Waals surface area contributed by atoms with Gasteiger partial charge in [-0.25, -0.2) is 8.78 Å². The highest BCUT2D eigenvalue weighted by Gasteiger charge is 2.52. The van der Waals surface area contributed by atoms with Crippen LogP contribution in [0, 0.1) is 17.0 Å². The van der Waals surface area contributed by atoms with E-state index in [0.717, 1.165) is 31.9 Å². The Morgan fingerprint density at radius 2 is 2.00 bits per heavy atom. The molecule has 0 radical (unpaired) electrons. The van der Waals surface area contributed by atoms with Crippen LogP contribution in [0.4, 0.5) is 8.78 Å². The molecule has 1 aliphatic carbocycles. The van der Waals surface area contributed by atoms with Crippen molar-refractivity contribution in [2.75, 3.05) is 26.3 Å². The maximum absolute atomic E-state index is 14.3. The molecule has 23 heavy (non-hydrogen) atoms. The number of ether oxygens (including phenoxy) is 1. The van der Waals surface area contributed by atoms with E-state index in [-0.39, 0.29) is 11.3 Å². The monoisotopic (exact) mass is 321 g/mol. The topological polar surface area (TPSA) is 29.5 Å². The van der Waals surface area contributed by atoms with Gasteiger partial charge in [-0.2, -0.15) is 0 Å². The van der Waals surface area contributed by atoms with E-state index in [4.69, 9.17) is 4.74 Å². The van der Waals surface area contributed by atoms with E-state index in [1.54, 1.807) is 0 Å². The average Bonchev–Trinajstić information content (AvgIpc) is 3.10. The second-order valence-electron chi connectivity index (χ2n) is 7.34. The number of hydrogen-bond donors (Lipinski definition) is 0. The summed E-state index contributed by atoms with van der Waals surface area (Å²) in [5, 5.41) is 0. The first-order chi connectivity index (χ1) is 11.0. The van der Waals surface area contributed by atoms with Crippen LogP contribution in [0.3, 0.4) is 0 Å². The summed E-state index contributed by atoms with van der Waals surface area (Å²) in [5.74, 6) is -1.19. The number of nitrogens with zero attached hydrogens (tertiary/aromatic N) is 1. The Labute approximate surface area is 134 Å². The lowest BCUT2D eigenvalue weighted by atomic mass is 9.63. The fraction of sp³-hybridized carbons (Fsp3) is 0.611. The molecule has 1 atom stereocenters. The summed E-state index contributed by atoms with van der Waals surface area (Å²) < 4.78 is 33.0. The van der Waals surface area contributed by atoms with Crippen molar-refractivity contribution in [3.8, 4) is 0 Å². The zero-order chi connectivity index (χ0) is 16.1. The molecule has 1 saturated carbocycles. The van der Waals surface area contributed by atoms with Gasteiger partial charge in [0.25, 0.3) is 0 Å². The van der Waals surface area contributed by atoms with Crippen molar-refractivity contribution in [2.45, 2.75) is 37.5 Å². The van der Waals surface area contributed by atoms with Crippen LogP contribution in [0.1, 0.15) is 37.7 Å². The smallest absolute Gasteiger partial charge is 0.233 e. The Kier molecular flexibility index (Phi) is 3.45. The average molecular weight is 321 g/mol. The van der Waals surface area contributed by atoms with Gasteiger partial charge in [0.15, 0.2) is 0 Å². The predicted octanol–water partition coefficient (Wildman–Crippen LogP) is 3.03. The minimum atomic E-state index is -0.789. The van der Waals surface area contributed by atoms with Crippen molar-refractivity contribution in [3.63, 3.8) is 0 Å². The molecule has 2 saturated heterocycles. The molecule has 0 unspecified atom stereocenters. The minimum absolute atomic E-state index is 0.0121. The van der Waals surface area contributed by atoms with Crippen LogP contribution in [-0.2, 0) is 14.9 Å². The molecule has 124 valence electrons. The molecule has 3 nitrogen and oxygen atoms in total. The first-order valence-electron chi connectivity index (χ1n) is 8.37. The normalized spacial score (nSPS) is 29.0. The number of benzene rings is 1. The van der Waals surface area contributed by atoms with Crippen molar-refractivity contribution >= 4 is 5.91 Å². The quantitative estimate of drug-likeness (QED) is 0.838. The summed E-state index contributed by atoms with van der Waals surface area (Å²) in [6.07, 6.45) is 4.16. The molecule has 0 N–H and O–H groups in total. The largest absolute Gasteiger partial charge is 0.381 e. The first-order valence-corrected chi connectivity index (χ1v) is 8.37. The lowest BCUT2D eigenvalue weighted by Crippen LogP contribution is -2.51. The van der Waals surface area contributed by atoms with Gasteiger partial charge in [-0.1, -0.05) is 12.5 Å². The molecular weight excluding hydrogens is 300 g/mol. The van der Waals surface area contributed by atoms with Gasteiger partial charge in [0, 0.05) is 36.7 Å². The molecule has 1 spiro atoms. The van der Waals surface area contributed by atoms with Crippen LogP contribution in [0.15, 0.2) is 18.2 Å². The van der Waals surface area contributed by atoms with E-state index in [2.05, 4.69) is 0 Å². The summed E-state index contributed by atoms with van der Waals surface area (Å²) in [6.45, 7) is 2.90. The molecule has 2 aliphatic heterocycles. The van der Waals surface area contributed by atoms with Crippen LogP contribution >= 0.6 is 0 Å². The molecule has 3 fully saturated rings. The maximum atomic E-state index is 14.3. The zero-order valence-electron chi connectivity index (χ0n) is 13.1. The predicted molar refractivity (Wildman–Crippen MR) is 81.0 cm³/mol. The van der Waals surface area contributed by atoms with Crippen molar-refractivity contribution in [2.24, 2.45) is 5.41 Å². The van der Waals surface area contributed by atoms with Crippen molar-refractivity contribution < 1.29 is 18.3 Å². The maximum Gasteiger partial charge on any atom is 0.233 e. The Morgan fingerprint density at radius 1 is 1.17 bits per heavy atom. The number of carbonyl (C=O) groups is 1. The second-order valence-corrected chi connectivity index (χ2v) is 7.34. The van der Waals surface area contributed by atoms with E-state index in [9.17, 15) is 13.6 Å². The molecule has 5 heteroatoms. The van der Waals surface area contributed by atoms with Gasteiger partial charge in [0.2, 0.25) is 5.91 Å². The van der Waals surface area contributed by atoms with Crippen LogP contribution in [0.25, 0.3) is 0 Å². The molecule has 0 aromatic heterocycles.